The van der Waals surface area contributed by atoms with Gasteiger partial charge in [-0.15, -0.1) is 11.3 Å². The first-order valence-corrected chi connectivity index (χ1v) is 7.20. The van der Waals surface area contributed by atoms with E-state index in [2.05, 4.69) is 10.6 Å². The van der Waals surface area contributed by atoms with E-state index >= 15 is 0 Å². The zero-order chi connectivity index (χ0) is 16.0. The Balaban J connectivity index is 2.72. The lowest BCUT2D eigenvalue weighted by molar-refractivity contribution is -0.145. The summed E-state index contributed by atoms with van der Waals surface area (Å²) >= 11 is 1.39. The minimum atomic E-state index is -1.38. The molecule has 0 aliphatic carbocycles. The van der Waals surface area contributed by atoms with Gasteiger partial charge < -0.3 is 20.8 Å². The topological polar surface area (TPSA) is 116 Å². The predicted molar refractivity (Wildman–Crippen MR) is 76.7 cm³/mol. The highest BCUT2D eigenvalue weighted by atomic mass is 32.1. The Bertz CT molecular complexity index is 501. The van der Waals surface area contributed by atoms with Crippen molar-refractivity contribution in [3.8, 4) is 0 Å². The minimum absolute atomic E-state index is 0.101. The van der Waals surface area contributed by atoms with E-state index in [9.17, 15) is 19.5 Å². The van der Waals surface area contributed by atoms with E-state index in [0.29, 0.717) is 0 Å². The number of rotatable bonds is 7. The maximum absolute atomic E-state index is 11.9. The molecule has 1 rings (SSSR count). The van der Waals surface area contributed by atoms with Crippen molar-refractivity contribution < 1.29 is 24.6 Å². The summed E-state index contributed by atoms with van der Waals surface area (Å²) in [6, 6.07) is 1.68. The Labute approximate surface area is 126 Å². The van der Waals surface area contributed by atoms with Crippen molar-refractivity contribution in [3.05, 3.63) is 22.4 Å². The lowest BCUT2D eigenvalue weighted by Crippen LogP contribution is -2.48. The van der Waals surface area contributed by atoms with Crippen molar-refractivity contribution in [2.24, 2.45) is 0 Å². The van der Waals surface area contributed by atoms with Crippen LogP contribution in [0.25, 0.3) is 0 Å². The molecule has 0 fully saturated rings. The molecule has 0 aliphatic heterocycles. The summed E-state index contributed by atoms with van der Waals surface area (Å²) in [6.07, 6.45) is -1.32. The van der Waals surface area contributed by atoms with Crippen LogP contribution in [0.5, 0.6) is 0 Å². The second kappa shape index (κ2) is 7.75. The fourth-order valence-corrected chi connectivity index (χ4v) is 2.54. The molecule has 7 nitrogen and oxygen atoms in total. The highest BCUT2D eigenvalue weighted by molar-refractivity contribution is 7.10. The maximum atomic E-state index is 11.9. The number of amides is 2. The van der Waals surface area contributed by atoms with Crippen LogP contribution in [0.4, 0.5) is 0 Å². The van der Waals surface area contributed by atoms with Crippen LogP contribution in [-0.4, -0.2) is 40.1 Å². The van der Waals surface area contributed by atoms with Crippen LogP contribution in [0.2, 0.25) is 0 Å². The molecule has 116 valence electrons. The van der Waals surface area contributed by atoms with Crippen LogP contribution in [0.3, 0.4) is 0 Å². The van der Waals surface area contributed by atoms with Crippen molar-refractivity contribution in [1.82, 2.24) is 10.6 Å². The molecule has 0 saturated heterocycles. The van der Waals surface area contributed by atoms with Gasteiger partial charge in [-0.05, 0) is 18.4 Å². The fourth-order valence-electron chi connectivity index (χ4n) is 1.76. The van der Waals surface area contributed by atoms with E-state index in [1.54, 1.807) is 12.1 Å². The van der Waals surface area contributed by atoms with E-state index in [1.807, 2.05) is 5.38 Å². The number of hydrogen-bond acceptors (Lipinski definition) is 5. The summed E-state index contributed by atoms with van der Waals surface area (Å²) in [6.45, 7) is 2.62. The molecule has 3 atom stereocenters. The van der Waals surface area contributed by atoms with Gasteiger partial charge in [0.05, 0.1) is 18.6 Å². The molecule has 1 aromatic rings. The Hall–Kier alpha value is -1.93. The van der Waals surface area contributed by atoms with Crippen LogP contribution < -0.4 is 10.6 Å². The molecule has 0 aromatic carbocycles. The first-order chi connectivity index (χ1) is 9.81. The quantitative estimate of drug-likeness (QED) is 0.576. The zero-order valence-electron chi connectivity index (χ0n) is 11.7. The number of hydrogen-bond donors (Lipinski definition) is 4. The number of nitrogens with one attached hydrogen (secondary N) is 2. The number of aliphatic carboxylic acids is 1. The van der Waals surface area contributed by atoms with Gasteiger partial charge in [-0.2, -0.15) is 0 Å². The summed E-state index contributed by atoms with van der Waals surface area (Å²) in [4.78, 5) is 34.8. The smallest absolute Gasteiger partial charge is 0.328 e. The molecular formula is C13H18N2O5S. The molecule has 0 saturated carbocycles. The number of carboxylic acid groups (broad SMARTS) is 1. The van der Waals surface area contributed by atoms with Gasteiger partial charge in [0.1, 0.15) is 0 Å². The molecule has 4 N–H and O–H groups in total. The summed E-state index contributed by atoms with van der Waals surface area (Å²) < 4.78 is 0. The summed E-state index contributed by atoms with van der Waals surface area (Å²) in [5.74, 6) is -2.16. The first kappa shape index (κ1) is 17.1. The lowest BCUT2D eigenvalue weighted by atomic mass is 10.1. The van der Waals surface area contributed by atoms with Gasteiger partial charge in [0.2, 0.25) is 11.8 Å². The van der Waals surface area contributed by atoms with Gasteiger partial charge in [-0.3, -0.25) is 9.59 Å². The maximum Gasteiger partial charge on any atom is 0.328 e. The monoisotopic (exact) mass is 314 g/mol. The molecule has 21 heavy (non-hydrogen) atoms. The molecule has 0 spiro atoms. The molecule has 1 aromatic heterocycles. The van der Waals surface area contributed by atoms with Crippen molar-refractivity contribution in [2.75, 3.05) is 0 Å². The van der Waals surface area contributed by atoms with Crippen LogP contribution in [-0.2, 0) is 14.4 Å². The van der Waals surface area contributed by atoms with Gasteiger partial charge in [-0.1, -0.05) is 6.07 Å². The normalized spacial score (nSPS) is 14.8. The number of aliphatic hydroxyl groups excluding tert-OH is 1. The standard InChI is InChI=1S/C13H18N2O5S/c1-7(16)12(13(19)20)15-11(18)6-9(14-8(2)17)10-4-3-5-21-10/h3-5,7,9,12,16H,6H2,1-2H3,(H,14,17)(H,15,18)(H,19,20). The lowest BCUT2D eigenvalue weighted by Gasteiger charge is -2.20. The number of carboxylic acids is 1. The van der Waals surface area contributed by atoms with Gasteiger partial charge >= 0.3 is 5.97 Å². The minimum Gasteiger partial charge on any atom is -0.480 e. The Morgan fingerprint density at radius 3 is 2.43 bits per heavy atom. The number of carbonyl (C=O) groups excluding carboxylic acids is 2. The SMILES string of the molecule is CC(=O)NC(CC(=O)NC(C(=O)O)C(C)O)c1cccs1. The van der Waals surface area contributed by atoms with Gasteiger partial charge in [0.25, 0.3) is 0 Å². The van der Waals surface area contributed by atoms with E-state index in [-0.39, 0.29) is 12.3 Å². The van der Waals surface area contributed by atoms with Crippen LogP contribution >= 0.6 is 11.3 Å². The van der Waals surface area contributed by atoms with Crippen molar-refractivity contribution in [3.63, 3.8) is 0 Å². The number of carbonyl (C=O) groups is 3. The molecule has 8 heteroatoms. The zero-order valence-corrected chi connectivity index (χ0v) is 12.5. The third-order valence-electron chi connectivity index (χ3n) is 2.72. The summed E-state index contributed by atoms with van der Waals surface area (Å²) in [7, 11) is 0. The van der Waals surface area contributed by atoms with Crippen molar-refractivity contribution in [2.45, 2.75) is 38.5 Å². The second-order valence-corrected chi connectivity index (χ2v) is 5.58. The number of aliphatic hydroxyl groups is 1. The molecule has 0 bridgehead atoms. The Morgan fingerprint density at radius 2 is 2.00 bits per heavy atom. The van der Waals surface area contributed by atoms with E-state index < -0.39 is 30.1 Å². The van der Waals surface area contributed by atoms with E-state index in [0.717, 1.165) is 4.88 Å². The molecular weight excluding hydrogens is 296 g/mol. The molecule has 1 heterocycles. The first-order valence-electron chi connectivity index (χ1n) is 6.32. The van der Waals surface area contributed by atoms with E-state index in [1.165, 1.54) is 25.2 Å². The van der Waals surface area contributed by atoms with Gasteiger partial charge in [-0.25, -0.2) is 4.79 Å². The fraction of sp³-hybridized carbons (Fsp3) is 0.462. The third kappa shape index (κ3) is 5.52. The third-order valence-corrected chi connectivity index (χ3v) is 3.70. The highest BCUT2D eigenvalue weighted by Gasteiger charge is 2.26. The van der Waals surface area contributed by atoms with Gasteiger partial charge in [0.15, 0.2) is 6.04 Å². The Kier molecular flexibility index (Phi) is 6.32. The molecule has 0 aliphatic rings. The van der Waals surface area contributed by atoms with E-state index in [4.69, 9.17) is 5.11 Å². The van der Waals surface area contributed by atoms with Crippen molar-refractivity contribution >= 4 is 29.1 Å². The Morgan fingerprint density at radius 1 is 1.33 bits per heavy atom. The summed E-state index contributed by atoms with van der Waals surface area (Å²) in [5.41, 5.74) is 0. The second-order valence-electron chi connectivity index (χ2n) is 4.60. The van der Waals surface area contributed by atoms with Crippen molar-refractivity contribution in [1.29, 1.82) is 0 Å². The van der Waals surface area contributed by atoms with Gasteiger partial charge in [0, 0.05) is 11.8 Å². The molecule has 2 amide bonds. The largest absolute Gasteiger partial charge is 0.480 e. The average Bonchev–Trinajstić information content (AvgIpc) is 2.87. The molecule has 0 radical (unpaired) electrons. The predicted octanol–water partition coefficient (Wildman–Crippen LogP) is 0.266. The van der Waals surface area contributed by atoms with Crippen LogP contribution in [0.1, 0.15) is 31.2 Å². The average molecular weight is 314 g/mol. The van der Waals surface area contributed by atoms with Crippen LogP contribution in [0, 0.1) is 0 Å². The number of thiophene rings is 1. The highest BCUT2D eigenvalue weighted by Crippen LogP contribution is 2.22. The molecule has 3 unspecified atom stereocenters. The summed E-state index contributed by atoms with van der Waals surface area (Å²) in [5, 5.41) is 25.0. The van der Waals surface area contributed by atoms with Crippen LogP contribution in [0.15, 0.2) is 17.5 Å².